The van der Waals surface area contributed by atoms with Crippen LogP contribution in [0, 0.1) is 0 Å². The topological polar surface area (TPSA) is 50.5 Å². The zero-order chi connectivity index (χ0) is 13.0. The molecule has 1 aromatic rings. The average molecular weight is 253 g/mol. The van der Waals surface area contributed by atoms with Crippen molar-refractivity contribution in [3.63, 3.8) is 0 Å². The normalized spacial score (nSPS) is 23.2. The molecular weight excluding hydrogens is 230 g/mol. The molecule has 2 unspecified atom stereocenters. The molecule has 1 aliphatic rings. The van der Waals surface area contributed by atoms with E-state index in [4.69, 9.17) is 4.74 Å². The molecule has 5 heteroatoms. The van der Waals surface area contributed by atoms with Crippen molar-refractivity contribution < 1.29 is 9.84 Å². The van der Waals surface area contributed by atoms with Crippen LogP contribution in [0.25, 0.3) is 0 Å². The maximum Gasteiger partial charge on any atom is 0.140 e. The Morgan fingerprint density at radius 3 is 3.11 bits per heavy atom. The molecule has 1 aliphatic heterocycles. The fraction of sp³-hybridized carbons (Fsp3) is 0.769. The lowest BCUT2D eigenvalue weighted by Crippen LogP contribution is -2.45. The van der Waals surface area contributed by atoms with E-state index < -0.39 is 6.10 Å². The van der Waals surface area contributed by atoms with Crippen molar-refractivity contribution in [1.82, 2.24) is 14.5 Å². The Bertz CT molecular complexity index is 367. The number of aliphatic hydroxyl groups is 1. The van der Waals surface area contributed by atoms with Crippen LogP contribution in [0.15, 0.2) is 12.4 Å². The summed E-state index contributed by atoms with van der Waals surface area (Å²) in [5, 5.41) is 10.4. The van der Waals surface area contributed by atoms with Gasteiger partial charge in [0.05, 0.1) is 6.61 Å². The zero-order valence-electron chi connectivity index (χ0n) is 11.2. The highest BCUT2D eigenvalue weighted by Crippen LogP contribution is 2.21. The van der Waals surface area contributed by atoms with Crippen LogP contribution in [0.4, 0.5) is 0 Å². The molecule has 2 rings (SSSR count). The number of aliphatic hydroxyl groups excluding tert-OH is 1. The van der Waals surface area contributed by atoms with Gasteiger partial charge in [0.15, 0.2) is 0 Å². The van der Waals surface area contributed by atoms with Gasteiger partial charge in [-0.05, 0) is 13.0 Å². The molecule has 0 bridgehead atoms. The maximum absolute atomic E-state index is 10.4. The molecule has 1 saturated heterocycles. The predicted octanol–water partition coefficient (Wildman–Crippen LogP) is 1.05. The number of imidazole rings is 1. The smallest absolute Gasteiger partial charge is 0.140 e. The Balaban J connectivity index is 2.05. The van der Waals surface area contributed by atoms with Gasteiger partial charge in [0.1, 0.15) is 18.0 Å². The number of aromatic nitrogens is 2. The Morgan fingerprint density at radius 2 is 2.39 bits per heavy atom. The van der Waals surface area contributed by atoms with E-state index in [1.165, 1.54) is 0 Å². The SMILES string of the molecule is CCCn1ccnc1C(O)C1CN(CC)CCO1. The van der Waals surface area contributed by atoms with Gasteiger partial charge in [-0.3, -0.25) is 4.90 Å². The molecule has 0 radical (unpaired) electrons. The zero-order valence-corrected chi connectivity index (χ0v) is 11.2. The van der Waals surface area contributed by atoms with Gasteiger partial charge in [-0.25, -0.2) is 4.98 Å². The van der Waals surface area contributed by atoms with E-state index in [0.717, 1.165) is 38.4 Å². The lowest BCUT2D eigenvalue weighted by atomic mass is 10.1. The molecule has 0 amide bonds. The van der Waals surface area contributed by atoms with E-state index in [1.807, 2.05) is 10.8 Å². The van der Waals surface area contributed by atoms with Crippen molar-refractivity contribution in [3.8, 4) is 0 Å². The summed E-state index contributed by atoms with van der Waals surface area (Å²) < 4.78 is 7.70. The highest BCUT2D eigenvalue weighted by atomic mass is 16.5. The standard InChI is InChI=1S/C13H23N3O2/c1-3-6-16-7-5-14-13(16)12(17)11-10-15(4-2)8-9-18-11/h5,7,11-12,17H,3-4,6,8-10H2,1-2H3. The molecule has 1 fully saturated rings. The van der Waals surface area contributed by atoms with E-state index in [-0.39, 0.29) is 6.10 Å². The van der Waals surface area contributed by atoms with Crippen molar-refractivity contribution in [2.24, 2.45) is 0 Å². The molecule has 18 heavy (non-hydrogen) atoms. The van der Waals surface area contributed by atoms with Crippen LogP contribution < -0.4 is 0 Å². The van der Waals surface area contributed by atoms with Gasteiger partial charge >= 0.3 is 0 Å². The number of hydrogen-bond acceptors (Lipinski definition) is 4. The monoisotopic (exact) mass is 253 g/mol. The minimum atomic E-state index is -0.638. The average Bonchev–Trinajstić information content (AvgIpc) is 2.86. The van der Waals surface area contributed by atoms with E-state index in [1.54, 1.807) is 6.20 Å². The van der Waals surface area contributed by atoms with E-state index in [9.17, 15) is 5.11 Å². The Kier molecular flexibility index (Phi) is 4.74. The van der Waals surface area contributed by atoms with Crippen LogP contribution in [-0.2, 0) is 11.3 Å². The molecule has 0 spiro atoms. The Morgan fingerprint density at radius 1 is 1.56 bits per heavy atom. The number of ether oxygens (including phenoxy) is 1. The van der Waals surface area contributed by atoms with Crippen LogP contribution in [-0.4, -0.2) is 51.9 Å². The van der Waals surface area contributed by atoms with E-state index in [2.05, 4.69) is 23.7 Å². The Labute approximate surface area is 108 Å². The molecular formula is C13H23N3O2. The summed E-state index contributed by atoms with van der Waals surface area (Å²) in [6.07, 6.45) is 3.89. The fourth-order valence-electron chi connectivity index (χ4n) is 2.39. The highest BCUT2D eigenvalue weighted by molar-refractivity contribution is 5.00. The molecule has 5 nitrogen and oxygen atoms in total. The largest absolute Gasteiger partial charge is 0.382 e. The van der Waals surface area contributed by atoms with Crippen molar-refractivity contribution in [1.29, 1.82) is 0 Å². The molecule has 2 heterocycles. The van der Waals surface area contributed by atoms with Gasteiger partial charge in [0.2, 0.25) is 0 Å². The minimum Gasteiger partial charge on any atom is -0.382 e. The van der Waals surface area contributed by atoms with Crippen molar-refractivity contribution in [2.45, 2.75) is 39.0 Å². The summed E-state index contributed by atoms with van der Waals surface area (Å²) in [4.78, 5) is 6.57. The third-order valence-corrected chi connectivity index (χ3v) is 3.45. The van der Waals surface area contributed by atoms with Gasteiger partial charge < -0.3 is 14.4 Å². The second-order valence-corrected chi connectivity index (χ2v) is 4.73. The third kappa shape index (κ3) is 2.91. The van der Waals surface area contributed by atoms with Gasteiger partial charge in [-0.1, -0.05) is 13.8 Å². The summed E-state index contributed by atoms with van der Waals surface area (Å²) in [5.41, 5.74) is 0. The van der Waals surface area contributed by atoms with Crippen molar-refractivity contribution >= 4 is 0 Å². The van der Waals surface area contributed by atoms with E-state index in [0.29, 0.717) is 6.61 Å². The lowest BCUT2D eigenvalue weighted by molar-refractivity contribution is -0.0922. The highest BCUT2D eigenvalue weighted by Gasteiger charge is 2.29. The van der Waals surface area contributed by atoms with Crippen LogP contribution >= 0.6 is 0 Å². The number of morpholine rings is 1. The summed E-state index contributed by atoms with van der Waals surface area (Å²) in [6.45, 7) is 8.54. The first kappa shape index (κ1) is 13.5. The summed E-state index contributed by atoms with van der Waals surface area (Å²) in [7, 11) is 0. The minimum absolute atomic E-state index is 0.170. The summed E-state index contributed by atoms with van der Waals surface area (Å²) in [5.74, 6) is 0.722. The maximum atomic E-state index is 10.4. The molecule has 1 aromatic heterocycles. The van der Waals surface area contributed by atoms with E-state index >= 15 is 0 Å². The second-order valence-electron chi connectivity index (χ2n) is 4.73. The van der Waals surface area contributed by atoms with Crippen LogP contribution in [0.2, 0.25) is 0 Å². The van der Waals surface area contributed by atoms with Crippen LogP contribution in [0.5, 0.6) is 0 Å². The first-order valence-electron chi connectivity index (χ1n) is 6.79. The fourth-order valence-corrected chi connectivity index (χ4v) is 2.39. The molecule has 102 valence electrons. The molecule has 0 saturated carbocycles. The van der Waals surface area contributed by atoms with Crippen molar-refractivity contribution in [3.05, 3.63) is 18.2 Å². The van der Waals surface area contributed by atoms with Crippen LogP contribution in [0.3, 0.4) is 0 Å². The second kappa shape index (κ2) is 6.31. The number of rotatable bonds is 5. The van der Waals surface area contributed by atoms with Gasteiger partial charge in [-0.15, -0.1) is 0 Å². The lowest BCUT2D eigenvalue weighted by Gasteiger charge is -2.34. The molecule has 0 aromatic carbocycles. The van der Waals surface area contributed by atoms with Gasteiger partial charge in [0.25, 0.3) is 0 Å². The number of hydrogen-bond donors (Lipinski definition) is 1. The molecule has 1 N–H and O–H groups in total. The Hall–Kier alpha value is -0.910. The number of nitrogens with zero attached hydrogens (tertiary/aromatic N) is 3. The molecule has 0 aliphatic carbocycles. The van der Waals surface area contributed by atoms with Crippen LogP contribution in [0.1, 0.15) is 32.2 Å². The van der Waals surface area contributed by atoms with Gasteiger partial charge in [0, 0.05) is 32.0 Å². The third-order valence-electron chi connectivity index (χ3n) is 3.45. The van der Waals surface area contributed by atoms with Gasteiger partial charge in [-0.2, -0.15) is 0 Å². The first-order valence-corrected chi connectivity index (χ1v) is 6.79. The summed E-state index contributed by atoms with van der Waals surface area (Å²) >= 11 is 0. The van der Waals surface area contributed by atoms with Crippen molar-refractivity contribution in [2.75, 3.05) is 26.2 Å². The quantitative estimate of drug-likeness (QED) is 0.852. The predicted molar refractivity (Wildman–Crippen MR) is 69.3 cm³/mol. The summed E-state index contributed by atoms with van der Waals surface area (Å²) in [6, 6.07) is 0. The number of aryl methyl sites for hydroxylation is 1. The number of likely N-dealkylation sites (N-methyl/N-ethyl adjacent to an activating group) is 1. The first-order chi connectivity index (χ1) is 8.76. The molecule has 2 atom stereocenters.